The summed E-state index contributed by atoms with van der Waals surface area (Å²) in [6, 6.07) is 5.37. The van der Waals surface area contributed by atoms with Crippen LogP contribution < -0.4 is 9.47 Å². The van der Waals surface area contributed by atoms with E-state index >= 15 is 0 Å². The Morgan fingerprint density at radius 3 is 2.72 bits per heavy atom. The van der Waals surface area contributed by atoms with E-state index in [1.54, 1.807) is 18.2 Å². The van der Waals surface area contributed by atoms with E-state index in [9.17, 15) is 4.79 Å². The number of hydrogen-bond acceptors (Lipinski definition) is 3. The number of hydrogen-bond donors (Lipinski definition) is 1. The lowest BCUT2D eigenvalue weighted by Gasteiger charge is -2.10. The van der Waals surface area contributed by atoms with Crippen LogP contribution in [0.4, 0.5) is 0 Å². The highest BCUT2D eigenvalue weighted by atomic mass is 16.5. The highest BCUT2D eigenvalue weighted by Gasteiger charge is 2.04. The van der Waals surface area contributed by atoms with Crippen molar-refractivity contribution in [1.29, 1.82) is 0 Å². The van der Waals surface area contributed by atoms with Crippen LogP contribution in [0.1, 0.15) is 25.8 Å². The molecule has 0 aliphatic carbocycles. The average Bonchev–Trinajstić information content (AvgIpc) is 2.35. The van der Waals surface area contributed by atoms with E-state index in [0.717, 1.165) is 23.8 Å². The molecule has 0 heterocycles. The van der Waals surface area contributed by atoms with Crippen LogP contribution in [0.25, 0.3) is 6.08 Å². The molecule has 1 aromatic rings. The summed E-state index contributed by atoms with van der Waals surface area (Å²) in [5.41, 5.74) is 0.725. The standard InChI is InChI=1S/C14H18O4/c1-3-9-18-12-7-5-11(6-8-14(15)16)13(10-12)17-4-2/h5-8,10H,3-4,9H2,1-2H3,(H,15,16). The highest BCUT2D eigenvalue weighted by molar-refractivity contribution is 5.86. The van der Waals surface area contributed by atoms with E-state index in [1.807, 2.05) is 13.8 Å². The Morgan fingerprint density at radius 1 is 1.33 bits per heavy atom. The van der Waals surface area contributed by atoms with Crippen LogP contribution >= 0.6 is 0 Å². The maximum atomic E-state index is 10.5. The van der Waals surface area contributed by atoms with E-state index in [1.165, 1.54) is 6.08 Å². The van der Waals surface area contributed by atoms with Crippen LogP contribution in [0.5, 0.6) is 11.5 Å². The van der Waals surface area contributed by atoms with Gasteiger partial charge in [-0.3, -0.25) is 0 Å². The summed E-state index contributed by atoms with van der Waals surface area (Å²) in [6.45, 7) is 5.08. The molecule has 4 heteroatoms. The molecule has 0 unspecified atom stereocenters. The Morgan fingerprint density at radius 2 is 2.11 bits per heavy atom. The number of rotatable bonds is 7. The second-order valence-electron chi connectivity index (χ2n) is 3.65. The van der Waals surface area contributed by atoms with Crippen molar-refractivity contribution < 1.29 is 19.4 Å². The Balaban J connectivity index is 2.92. The first-order valence-corrected chi connectivity index (χ1v) is 5.98. The van der Waals surface area contributed by atoms with Gasteiger partial charge in [-0.25, -0.2) is 4.79 Å². The molecule has 1 aromatic carbocycles. The highest BCUT2D eigenvalue weighted by Crippen LogP contribution is 2.26. The molecule has 18 heavy (non-hydrogen) atoms. The monoisotopic (exact) mass is 250 g/mol. The SMILES string of the molecule is CCCOc1ccc(C=CC(=O)O)c(OCC)c1. The predicted molar refractivity (Wildman–Crippen MR) is 70.1 cm³/mol. The summed E-state index contributed by atoms with van der Waals surface area (Å²) in [5, 5.41) is 8.61. The molecule has 0 atom stereocenters. The van der Waals surface area contributed by atoms with Gasteiger partial charge in [0.2, 0.25) is 0 Å². The van der Waals surface area contributed by atoms with E-state index < -0.39 is 5.97 Å². The Kier molecular flexibility index (Phi) is 5.77. The van der Waals surface area contributed by atoms with Gasteiger partial charge in [0.25, 0.3) is 0 Å². The van der Waals surface area contributed by atoms with Gasteiger partial charge in [-0.2, -0.15) is 0 Å². The van der Waals surface area contributed by atoms with Crippen LogP contribution in [-0.4, -0.2) is 24.3 Å². The molecular weight excluding hydrogens is 232 g/mol. The van der Waals surface area contributed by atoms with Gasteiger partial charge in [0.15, 0.2) is 0 Å². The van der Waals surface area contributed by atoms with Gasteiger partial charge in [0.05, 0.1) is 13.2 Å². The topological polar surface area (TPSA) is 55.8 Å². The van der Waals surface area contributed by atoms with Crippen molar-refractivity contribution in [2.45, 2.75) is 20.3 Å². The first-order chi connectivity index (χ1) is 8.67. The summed E-state index contributed by atoms with van der Waals surface area (Å²) in [6.07, 6.45) is 3.53. The molecule has 0 bridgehead atoms. The van der Waals surface area contributed by atoms with Crippen molar-refractivity contribution in [2.24, 2.45) is 0 Å². The first kappa shape index (κ1) is 14.1. The number of aliphatic carboxylic acids is 1. The van der Waals surface area contributed by atoms with E-state index in [-0.39, 0.29) is 0 Å². The summed E-state index contributed by atoms with van der Waals surface area (Å²) in [4.78, 5) is 10.5. The Hall–Kier alpha value is -1.97. The summed E-state index contributed by atoms with van der Waals surface area (Å²) < 4.78 is 11.0. The molecule has 4 nitrogen and oxygen atoms in total. The Bertz CT molecular complexity index is 424. The van der Waals surface area contributed by atoms with Crippen LogP contribution in [-0.2, 0) is 4.79 Å². The zero-order chi connectivity index (χ0) is 13.4. The van der Waals surface area contributed by atoms with Crippen molar-refractivity contribution >= 4 is 12.0 Å². The molecule has 0 radical (unpaired) electrons. The summed E-state index contributed by atoms with van der Waals surface area (Å²) >= 11 is 0. The van der Waals surface area contributed by atoms with E-state index in [2.05, 4.69) is 0 Å². The third-order valence-corrected chi connectivity index (χ3v) is 2.16. The Labute approximate surface area is 107 Å². The maximum absolute atomic E-state index is 10.5. The molecule has 0 aromatic heterocycles. The number of carboxylic acids is 1. The van der Waals surface area contributed by atoms with Crippen molar-refractivity contribution in [3.63, 3.8) is 0 Å². The van der Waals surface area contributed by atoms with Crippen LogP contribution in [0, 0.1) is 0 Å². The van der Waals surface area contributed by atoms with Gasteiger partial charge >= 0.3 is 5.97 Å². The second-order valence-corrected chi connectivity index (χ2v) is 3.65. The first-order valence-electron chi connectivity index (χ1n) is 5.98. The largest absolute Gasteiger partial charge is 0.493 e. The molecule has 1 rings (SSSR count). The molecule has 0 fully saturated rings. The molecule has 0 aliphatic rings. The van der Waals surface area contributed by atoms with E-state index in [0.29, 0.717) is 19.0 Å². The van der Waals surface area contributed by atoms with E-state index in [4.69, 9.17) is 14.6 Å². The lowest BCUT2D eigenvalue weighted by Crippen LogP contribution is -1.98. The maximum Gasteiger partial charge on any atom is 0.328 e. The minimum Gasteiger partial charge on any atom is -0.493 e. The third-order valence-electron chi connectivity index (χ3n) is 2.16. The van der Waals surface area contributed by atoms with Crippen LogP contribution in [0.15, 0.2) is 24.3 Å². The van der Waals surface area contributed by atoms with Gasteiger partial charge in [0, 0.05) is 17.7 Å². The zero-order valence-corrected chi connectivity index (χ0v) is 10.7. The zero-order valence-electron chi connectivity index (χ0n) is 10.7. The second kappa shape index (κ2) is 7.37. The summed E-state index contributed by atoms with van der Waals surface area (Å²) in [7, 11) is 0. The third kappa shape index (κ3) is 4.49. The fourth-order valence-corrected chi connectivity index (χ4v) is 1.40. The van der Waals surface area contributed by atoms with Gasteiger partial charge in [-0.1, -0.05) is 6.92 Å². The van der Waals surface area contributed by atoms with Gasteiger partial charge in [0.1, 0.15) is 11.5 Å². The molecule has 98 valence electrons. The van der Waals surface area contributed by atoms with Gasteiger partial charge in [-0.05, 0) is 31.6 Å². The van der Waals surface area contributed by atoms with Crippen molar-refractivity contribution in [3.8, 4) is 11.5 Å². The number of benzene rings is 1. The number of ether oxygens (including phenoxy) is 2. The normalized spacial score (nSPS) is 10.6. The molecule has 1 N–H and O–H groups in total. The minimum absolute atomic E-state index is 0.519. The fraction of sp³-hybridized carbons (Fsp3) is 0.357. The molecular formula is C14H18O4. The fourth-order valence-electron chi connectivity index (χ4n) is 1.40. The molecule has 0 saturated carbocycles. The van der Waals surface area contributed by atoms with Gasteiger partial charge in [-0.15, -0.1) is 0 Å². The van der Waals surface area contributed by atoms with Crippen molar-refractivity contribution in [3.05, 3.63) is 29.8 Å². The smallest absolute Gasteiger partial charge is 0.328 e. The quantitative estimate of drug-likeness (QED) is 0.756. The predicted octanol–water partition coefficient (Wildman–Crippen LogP) is 2.97. The van der Waals surface area contributed by atoms with Crippen LogP contribution in [0.2, 0.25) is 0 Å². The number of carbonyl (C=O) groups is 1. The summed E-state index contributed by atoms with van der Waals surface area (Å²) in [5.74, 6) is 0.375. The lowest BCUT2D eigenvalue weighted by molar-refractivity contribution is -0.131. The van der Waals surface area contributed by atoms with Gasteiger partial charge < -0.3 is 14.6 Å². The molecule has 0 saturated heterocycles. The average molecular weight is 250 g/mol. The van der Waals surface area contributed by atoms with Crippen molar-refractivity contribution in [2.75, 3.05) is 13.2 Å². The molecule has 0 aliphatic heterocycles. The molecule has 0 spiro atoms. The molecule has 0 amide bonds. The van der Waals surface area contributed by atoms with Crippen molar-refractivity contribution in [1.82, 2.24) is 0 Å². The minimum atomic E-state index is -0.983. The lowest BCUT2D eigenvalue weighted by atomic mass is 10.1. The van der Waals surface area contributed by atoms with Crippen LogP contribution in [0.3, 0.4) is 0 Å². The number of carboxylic acid groups (broad SMARTS) is 1.